The van der Waals surface area contributed by atoms with E-state index in [0.717, 1.165) is 29.0 Å². The molecule has 2 heteroatoms. The Balaban J connectivity index is 1.96. The highest BCUT2D eigenvalue weighted by atomic mass is 14.7. The second-order valence-corrected chi connectivity index (χ2v) is 8.96. The summed E-state index contributed by atoms with van der Waals surface area (Å²) in [5.41, 5.74) is 6.05. The fraction of sp³-hybridized carbons (Fsp3) is 0.143. The van der Waals surface area contributed by atoms with Crippen LogP contribution in [0.25, 0.3) is 21.5 Å². The Labute approximate surface area is 221 Å². The van der Waals surface area contributed by atoms with Gasteiger partial charge in [-0.25, -0.2) is 0 Å². The van der Waals surface area contributed by atoms with Gasteiger partial charge in [-0.3, -0.25) is 9.98 Å². The first-order chi connectivity index (χ1) is 18.0. The summed E-state index contributed by atoms with van der Waals surface area (Å²) in [5.74, 6) is 0. The van der Waals surface area contributed by atoms with Crippen LogP contribution in [0.4, 0.5) is 0 Å². The molecular weight excluding hydrogens is 448 g/mol. The Kier molecular flexibility index (Phi) is 10.1. The molecule has 0 spiro atoms. The average Bonchev–Trinajstić information content (AvgIpc) is 2.91. The number of aliphatic imine (C=N–C) groups is 2. The number of hydrogen-bond donors (Lipinski definition) is 0. The largest absolute Gasteiger partial charge is 0.280 e. The zero-order chi connectivity index (χ0) is 26.6. The van der Waals surface area contributed by atoms with Crippen molar-refractivity contribution < 1.29 is 0 Å². The second kappa shape index (κ2) is 13.7. The Morgan fingerprint density at radius 2 is 1.62 bits per heavy atom. The summed E-state index contributed by atoms with van der Waals surface area (Å²) < 4.78 is 0. The summed E-state index contributed by atoms with van der Waals surface area (Å²) >= 11 is 0. The molecule has 186 valence electrons. The third-order valence-corrected chi connectivity index (χ3v) is 6.10. The molecule has 0 saturated heterocycles. The SMILES string of the molecule is C=C/C=C\C/C(C)=C\C(=C)/C=C/C(=C\C)C(/C=C(/C)N=C)=N/Cc1cc2ccccc2c2ccccc12. The van der Waals surface area contributed by atoms with Crippen LogP contribution < -0.4 is 0 Å². The van der Waals surface area contributed by atoms with Crippen LogP contribution >= 0.6 is 0 Å². The quantitative estimate of drug-likeness (QED) is 0.147. The van der Waals surface area contributed by atoms with Gasteiger partial charge in [-0.1, -0.05) is 110 Å². The molecule has 3 aromatic rings. The number of allylic oxidation sites excluding steroid dienone is 12. The van der Waals surface area contributed by atoms with Gasteiger partial charge in [0.25, 0.3) is 0 Å². The standard InChI is InChI=1S/C35H36N2/c1-7-9-10-15-26(3)22-27(4)20-21-29(8-2)35(23-28(5)36-6)37-25-31-24-30-16-11-12-17-32(30)34-19-14-13-18-33(31)34/h7-14,16-24H,1,4,6,15,25H2,2-3,5H3/b10-9-,21-20+,26-22-,28-23-,29-8+,37-35+. The number of benzene rings is 3. The molecule has 3 rings (SSSR count). The Hall–Kier alpha value is -4.30. The minimum absolute atomic E-state index is 0.558. The summed E-state index contributed by atoms with van der Waals surface area (Å²) in [7, 11) is 0. The molecule has 0 fully saturated rings. The van der Waals surface area contributed by atoms with E-state index in [9.17, 15) is 0 Å². The first-order valence-corrected chi connectivity index (χ1v) is 12.5. The zero-order valence-corrected chi connectivity index (χ0v) is 22.2. The van der Waals surface area contributed by atoms with Crippen LogP contribution in [-0.2, 0) is 6.54 Å². The van der Waals surface area contributed by atoms with Crippen molar-refractivity contribution in [2.24, 2.45) is 9.98 Å². The Bertz CT molecular complexity index is 1490. The van der Waals surface area contributed by atoms with E-state index < -0.39 is 0 Å². The fourth-order valence-corrected chi connectivity index (χ4v) is 4.20. The number of nitrogens with zero attached hydrogens (tertiary/aromatic N) is 2. The van der Waals surface area contributed by atoms with Gasteiger partial charge in [-0.05, 0) is 84.3 Å². The van der Waals surface area contributed by atoms with Gasteiger partial charge in [-0.15, -0.1) is 0 Å². The van der Waals surface area contributed by atoms with E-state index in [-0.39, 0.29) is 0 Å². The fourth-order valence-electron chi connectivity index (χ4n) is 4.20. The van der Waals surface area contributed by atoms with Crippen LogP contribution in [0, 0.1) is 0 Å². The van der Waals surface area contributed by atoms with Crippen molar-refractivity contribution in [2.45, 2.75) is 33.7 Å². The average molecular weight is 485 g/mol. The van der Waals surface area contributed by atoms with E-state index in [1.165, 1.54) is 32.7 Å². The minimum atomic E-state index is 0.558. The molecule has 0 heterocycles. The highest BCUT2D eigenvalue weighted by Gasteiger charge is 2.07. The maximum absolute atomic E-state index is 5.07. The highest BCUT2D eigenvalue weighted by molar-refractivity contribution is 6.11. The lowest BCUT2D eigenvalue weighted by molar-refractivity contribution is 1.09. The van der Waals surface area contributed by atoms with Crippen molar-refractivity contribution in [3.8, 4) is 0 Å². The van der Waals surface area contributed by atoms with Crippen LogP contribution in [0.1, 0.15) is 32.8 Å². The van der Waals surface area contributed by atoms with Gasteiger partial charge in [0.2, 0.25) is 0 Å². The third kappa shape index (κ3) is 7.59. The molecule has 0 atom stereocenters. The summed E-state index contributed by atoms with van der Waals surface area (Å²) in [6.45, 7) is 18.2. The molecule has 0 bridgehead atoms. The normalized spacial score (nSPS) is 13.7. The molecule has 0 amide bonds. The summed E-state index contributed by atoms with van der Waals surface area (Å²) in [6, 6.07) is 19.3. The van der Waals surface area contributed by atoms with Gasteiger partial charge >= 0.3 is 0 Å². The maximum atomic E-state index is 5.07. The molecule has 0 aliphatic heterocycles. The number of rotatable bonds is 11. The first kappa shape index (κ1) is 27.3. The predicted octanol–water partition coefficient (Wildman–Crippen LogP) is 9.68. The minimum Gasteiger partial charge on any atom is -0.280 e. The van der Waals surface area contributed by atoms with Gasteiger partial charge in [0.15, 0.2) is 0 Å². The van der Waals surface area contributed by atoms with Crippen molar-refractivity contribution in [3.05, 3.63) is 144 Å². The van der Waals surface area contributed by atoms with Gasteiger partial charge < -0.3 is 0 Å². The number of fused-ring (bicyclic) bond motifs is 3. The van der Waals surface area contributed by atoms with E-state index in [0.29, 0.717) is 6.54 Å². The molecular formula is C35H36N2. The molecule has 37 heavy (non-hydrogen) atoms. The van der Waals surface area contributed by atoms with Crippen LogP contribution in [0.5, 0.6) is 0 Å². The van der Waals surface area contributed by atoms with Gasteiger partial charge in [0.05, 0.1) is 12.3 Å². The van der Waals surface area contributed by atoms with Crippen molar-refractivity contribution >= 4 is 34.0 Å². The molecule has 3 aromatic carbocycles. The topological polar surface area (TPSA) is 24.7 Å². The predicted molar refractivity (Wildman–Crippen MR) is 166 cm³/mol. The van der Waals surface area contributed by atoms with Gasteiger partial charge in [-0.2, -0.15) is 0 Å². The van der Waals surface area contributed by atoms with Crippen molar-refractivity contribution in [2.75, 3.05) is 0 Å². The van der Waals surface area contributed by atoms with E-state index in [1.54, 1.807) is 6.08 Å². The van der Waals surface area contributed by atoms with E-state index in [4.69, 9.17) is 4.99 Å². The van der Waals surface area contributed by atoms with E-state index in [2.05, 4.69) is 111 Å². The molecule has 0 radical (unpaired) electrons. The molecule has 0 saturated carbocycles. The highest BCUT2D eigenvalue weighted by Crippen LogP contribution is 2.29. The third-order valence-electron chi connectivity index (χ3n) is 6.10. The molecule has 0 aliphatic rings. The zero-order valence-electron chi connectivity index (χ0n) is 22.2. The summed E-state index contributed by atoms with van der Waals surface area (Å²) in [4.78, 5) is 9.17. The number of hydrogen-bond acceptors (Lipinski definition) is 2. The van der Waals surface area contributed by atoms with Crippen molar-refractivity contribution in [3.63, 3.8) is 0 Å². The lowest BCUT2D eigenvalue weighted by Gasteiger charge is -2.10. The molecule has 0 aliphatic carbocycles. The van der Waals surface area contributed by atoms with Crippen LogP contribution in [0.15, 0.2) is 149 Å². The Morgan fingerprint density at radius 3 is 2.32 bits per heavy atom. The van der Waals surface area contributed by atoms with Crippen LogP contribution in [0.2, 0.25) is 0 Å². The van der Waals surface area contributed by atoms with Gasteiger partial charge in [0, 0.05) is 5.70 Å². The van der Waals surface area contributed by atoms with Crippen molar-refractivity contribution in [1.29, 1.82) is 0 Å². The molecule has 0 N–H and O–H groups in total. The lowest BCUT2D eigenvalue weighted by Crippen LogP contribution is -2.00. The van der Waals surface area contributed by atoms with E-state index >= 15 is 0 Å². The second-order valence-electron chi connectivity index (χ2n) is 8.96. The van der Waals surface area contributed by atoms with Crippen LogP contribution in [0.3, 0.4) is 0 Å². The smallest absolute Gasteiger partial charge is 0.0665 e. The summed E-state index contributed by atoms with van der Waals surface area (Å²) in [6.07, 6.45) is 16.9. The van der Waals surface area contributed by atoms with E-state index in [1.807, 2.05) is 32.1 Å². The Morgan fingerprint density at radius 1 is 0.919 bits per heavy atom. The first-order valence-electron chi connectivity index (χ1n) is 12.5. The molecule has 2 nitrogen and oxygen atoms in total. The van der Waals surface area contributed by atoms with Gasteiger partial charge in [0.1, 0.15) is 0 Å². The monoisotopic (exact) mass is 484 g/mol. The van der Waals surface area contributed by atoms with Crippen LogP contribution in [-0.4, -0.2) is 12.4 Å². The molecule has 0 aromatic heterocycles. The maximum Gasteiger partial charge on any atom is 0.0665 e. The summed E-state index contributed by atoms with van der Waals surface area (Å²) in [5, 5.41) is 4.96. The lowest BCUT2D eigenvalue weighted by atomic mass is 9.97. The van der Waals surface area contributed by atoms with Crippen molar-refractivity contribution in [1.82, 2.24) is 0 Å². The molecule has 0 unspecified atom stereocenters.